The van der Waals surface area contributed by atoms with Gasteiger partial charge in [-0.05, 0) is 26.8 Å². The monoisotopic (exact) mass is 319 g/mol. The van der Waals surface area contributed by atoms with Gasteiger partial charge < -0.3 is 9.73 Å². The zero-order chi connectivity index (χ0) is 15.8. The molecule has 1 unspecified atom stereocenters. The minimum absolute atomic E-state index is 0.00748. The van der Waals surface area contributed by atoms with Gasteiger partial charge >= 0.3 is 6.18 Å². The third kappa shape index (κ3) is 3.66. The first-order valence-electron chi connectivity index (χ1n) is 6.12. The molecule has 0 saturated heterocycles. The summed E-state index contributed by atoms with van der Waals surface area (Å²) in [6, 6.07) is 2.78. The SMILES string of the molecule is Cc1cc(C(C)Nc2cc(Cl)nc(C(F)(F)F)n2)c(C)o1. The first-order valence-corrected chi connectivity index (χ1v) is 6.50. The van der Waals surface area contributed by atoms with E-state index in [9.17, 15) is 13.2 Å². The molecule has 0 amide bonds. The fraction of sp³-hybridized carbons (Fsp3) is 0.385. The van der Waals surface area contributed by atoms with Crippen LogP contribution >= 0.6 is 11.6 Å². The lowest BCUT2D eigenvalue weighted by atomic mass is 10.1. The molecule has 0 aromatic carbocycles. The highest BCUT2D eigenvalue weighted by Crippen LogP contribution is 2.30. The number of hydrogen-bond donors (Lipinski definition) is 1. The molecule has 0 spiro atoms. The van der Waals surface area contributed by atoms with Crippen LogP contribution in [-0.2, 0) is 6.18 Å². The third-order valence-corrected chi connectivity index (χ3v) is 3.05. The van der Waals surface area contributed by atoms with Gasteiger partial charge in [0.1, 0.15) is 22.5 Å². The highest BCUT2D eigenvalue weighted by molar-refractivity contribution is 6.29. The molecule has 0 fully saturated rings. The first kappa shape index (κ1) is 15.6. The van der Waals surface area contributed by atoms with Crippen molar-refractivity contribution in [1.82, 2.24) is 9.97 Å². The number of furan rings is 1. The second-order valence-corrected chi connectivity index (χ2v) is 5.02. The van der Waals surface area contributed by atoms with Crippen LogP contribution in [0.3, 0.4) is 0 Å². The number of nitrogens with zero attached hydrogens (tertiary/aromatic N) is 2. The number of halogens is 4. The Kier molecular flexibility index (Phi) is 4.13. The van der Waals surface area contributed by atoms with Gasteiger partial charge in [-0.2, -0.15) is 13.2 Å². The van der Waals surface area contributed by atoms with Crippen molar-refractivity contribution in [1.29, 1.82) is 0 Å². The molecular weight excluding hydrogens is 307 g/mol. The quantitative estimate of drug-likeness (QED) is 0.844. The predicted octanol–water partition coefficient (Wildman–Crippen LogP) is 4.53. The Morgan fingerprint density at radius 1 is 1.24 bits per heavy atom. The summed E-state index contributed by atoms with van der Waals surface area (Å²) in [6.07, 6.45) is -4.65. The zero-order valence-electron chi connectivity index (χ0n) is 11.5. The van der Waals surface area contributed by atoms with Crippen molar-refractivity contribution in [3.8, 4) is 0 Å². The highest BCUT2D eigenvalue weighted by atomic mass is 35.5. The molecule has 8 heteroatoms. The van der Waals surface area contributed by atoms with E-state index in [4.69, 9.17) is 16.0 Å². The van der Waals surface area contributed by atoms with Crippen LogP contribution in [0.15, 0.2) is 16.5 Å². The molecule has 0 bridgehead atoms. The molecule has 0 aliphatic carbocycles. The van der Waals surface area contributed by atoms with Crippen LogP contribution in [0.5, 0.6) is 0 Å². The number of anilines is 1. The standard InChI is InChI=1S/C13H13ClF3N3O/c1-6-4-9(8(3)21-6)7(2)18-11-5-10(14)19-12(20-11)13(15,16)17/h4-5,7H,1-3H3,(H,18,19,20). The first-order chi connectivity index (χ1) is 9.66. The lowest BCUT2D eigenvalue weighted by Gasteiger charge is -2.15. The van der Waals surface area contributed by atoms with Gasteiger partial charge in [-0.25, -0.2) is 9.97 Å². The summed E-state index contributed by atoms with van der Waals surface area (Å²) in [7, 11) is 0. The van der Waals surface area contributed by atoms with Gasteiger partial charge in [-0.15, -0.1) is 0 Å². The summed E-state index contributed by atoms with van der Waals surface area (Å²) >= 11 is 5.61. The van der Waals surface area contributed by atoms with E-state index in [2.05, 4.69) is 15.3 Å². The second-order valence-electron chi connectivity index (χ2n) is 4.63. The fourth-order valence-corrected chi connectivity index (χ4v) is 2.18. The molecule has 0 saturated carbocycles. The Morgan fingerprint density at radius 3 is 2.43 bits per heavy atom. The van der Waals surface area contributed by atoms with Crippen molar-refractivity contribution in [3.63, 3.8) is 0 Å². The van der Waals surface area contributed by atoms with Gasteiger partial charge in [0.2, 0.25) is 5.82 Å². The van der Waals surface area contributed by atoms with Crippen molar-refractivity contribution >= 4 is 17.4 Å². The van der Waals surface area contributed by atoms with Crippen LogP contribution < -0.4 is 5.32 Å². The Labute approximate surface area is 124 Å². The Balaban J connectivity index is 2.27. The molecule has 2 aromatic heterocycles. The van der Waals surface area contributed by atoms with Gasteiger partial charge in [-0.3, -0.25) is 0 Å². The number of aryl methyl sites for hydroxylation is 2. The molecule has 4 nitrogen and oxygen atoms in total. The topological polar surface area (TPSA) is 51.0 Å². The smallest absolute Gasteiger partial charge is 0.451 e. The second kappa shape index (κ2) is 5.55. The molecule has 2 heterocycles. The molecule has 0 aliphatic heterocycles. The van der Waals surface area contributed by atoms with E-state index < -0.39 is 12.0 Å². The number of aromatic nitrogens is 2. The van der Waals surface area contributed by atoms with Crippen LogP contribution in [0, 0.1) is 13.8 Å². The molecule has 0 aliphatic rings. The molecule has 1 N–H and O–H groups in total. The predicted molar refractivity (Wildman–Crippen MR) is 72.3 cm³/mol. The van der Waals surface area contributed by atoms with E-state index in [1.807, 2.05) is 6.07 Å². The van der Waals surface area contributed by atoms with Gasteiger partial charge in [0.25, 0.3) is 0 Å². The normalized spacial score (nSPS) is 13.3. The van der Waals surface area contributed by atoms with E-state index in [0.717, 1.165) is 11.3 Å². The summed E-state index contributed by atoms with van der Waals surface area (Å²) in [5.41, 5.74) is 0.843. The maximum atomic E-state index is 12.6. The van der Waals surface area contributed by atoms with Crippen molar-refractivity contribution < 1.29 is 17.6 Å². The van der Waals surface area contributed by atoms with Gasteiger partial charge in [0, 0.05) is 11.6 Å². The summed E-state index contributed by atoms with van der Waals surface area (Å²) in [6.45, 7) is 5.38. The summed E-state index contributed by atoms with van der Waals surface area (Å²) in [5.74, 6) is 0.162. The lowest BCUT2D eigenvalue weighted by molar-refractivity contribution is -0.144. The van der Waals surface area contributed by atoms with Crippen LogP contribution in [0.25, 0.3) is 0 Å². The Hall–Kier alpha value is -1.76. The zero-order valence-corrected chi connectivity index (χ0v) is 12.3. The average molecular weight is 320 g/mol. The molecule has 21 heavy (non-hydrogen) atoms. The largest absolute Gasteiger partial charge is 0.466 e. The molecule has 2 aromatic rings. The maximum Gasteiger partial charge on any atom is 0.451 e. The molecule has 2 rings (SSSR count). The Morgan fingerprint density at radius 2 is 1.90 bits per heavy atom. The minimum atomic E-state index is -4.65. The average Bonchev–Trinajstić information content (AvgIpc) is 2.66. The van der Waals surface area contributed by atoms with Gasteiger partial charge in [0.05, 0.1) is 6.04 Å². The molecule has 114 valence electrons. The van der Waals surface area contributed by atoms with Crippen LogP contribution in [-0.4, -0.2) is 9.97 Å². The van der Waals surface area contributed by atoms with Gasteiger partial charge in [0.15, 0.2) is 0 Å². The third-order valence-electron chi connectivity index (χ3n) is 2.86. The Bertz CT molecular complexity index is 655. The van der Waals surface area contributed by atoms with Gasteiger partial charge in [-0.1, -0.05) is 11.6 Å². The molecule has 1 atom stereocenters. The van der Waals surface area contributed by atoms with E-state index in [1.54, 1.807) is 20.8 Å². The van der Waals surface area contributed by atoms with Crippen LogP contribution in [0.2, 0.25) is 5.15 Å². The van der Waals surface area contributed by atoms with Crippen molar-refractivity contribution in [2.75, 3.05) is 5.32 Å². The van der Waals surface area contributed by atoms with Crippen LogP contribution in [0.1, 0.15) is 35.9 Å². The maximum absolute atomic E-state index is 12.6. The fourth-order valence-electron chi connectivity index (χ4n) is 2.00. The minimum Gasteiger partial charge on any atom is -0.466 e. The van der Waals surface area contributed by atoms with Crippen molar-refractivity contribution in [2.45, 2.75) is 33.0 Å². The van der Waals surface area contributed by atoms with Crippen molar-refractivity contribution in [3.05, 3.63) is 40.2 Å². The molecular formula is C13H13ClF3N3O. The number of rotatable bonds is 3. The summed E-state index contributed by atoms with van der Waals surface area (Å²) in [5, 5.41) is 2.60. The summed E-state index contributed by atoms with van der Waals surface area (Å²) in [4.78, 5) is 6.62. The van der Waals surface area contributed by atoms with E-state index in [1.165, 1.54) is 6.07 Å². The van der Waals surface area contributed by atoms with E-state index >= 15 is 0 Å². The van der Waals surface area contributed by atoms with Crippen molar-refractivity contribution in [2.24, 2.45) is 0 Å². The number of hydrogen-bond acceptors (Lipinski definition) is 4. The molecule has 0 radical (unpaired) electrons. The lowest BCUT2D eigenvalue weighted by Crippen LogP contribution is -2.15. The van der Waals surface area contributed by atoms with E-state index in [-0.39, 0.29) is 17.0 Å². The van der Waals surface area contributed by atoms with Crippen LogP contribution in [0.4, 0.5) is 19.0 Å². The van der Waals surface area contributed by atoms with E-state index in [0.29, 0.717) is 5.76 Å². The number of nitrogens with one attached hydrogen (secondary N) is 1. The number of alkyl halides is 3. The summed E-state index contributed by atoms with van der Waals surface area (Å²) < 4.78 is 43.3. The highest BCUT2D eigenvalue weighted by Gasteiger charge is 2.35.